The summed E-state index contributed by atoms with van der Waals surface area (Å²) in [6.07, 6.45) is 0.480. The molecule has 1 aromatic carbocycles. The third kappa shape index (κ3) is 4.00. The molecule has 2 rings (SSSR count). The van der Waals surface area contributed by atoms with E-state index in [9.17, 15) is 9.59 Å². The summed E-state index contributed by atoms with van der Waals surface area (Å²) in [7, 11) is 0. The van der Waals surface area contributed by atoms with Gasteiger partial charge in [-0.2, -0.15) is 0 Å². The molecule has 2 N–H and O–H groups in total. The molecule has 1 fully saturated rings. The highest BCUT2D eigenvalue weighted by molar-refractivity contribution is 5.73. The number of hydrogen-bond acceptors (Lipinski definition) is 3. The minimum absolute atomic E-state index is 0.00763. The van der Waals surface area contributed by atoms with Gasteiger partial charge in [-0.05, 0) is 23.3 Å². The molecule has 1 aliphatic carbocycles. The molecule has 0 saturated heterocycles. The van der Waals surface area contributed by atoms with E-state index in [0.717, 1.165) is 12.0 Å². The van der Waals surface area contributed by atoms with Gasteiger partial charge in [-0.15, -0.1) is 0 Å². The topological polar surface area (TPSA) is 67.4 Å². The monoisotopic (exact) mass is 304 g/mol. The smallest absolute Gasteiger partial charge is 0.407 e. The van der Waals surface area contributed by atoms with Gasteiger partial charge < -0.3 is 15.4 Å². The first-order valence-electron chi connectivity index (χ1n) is 7.61. The summed E-state index contributed by atoms with van der Waals surface area (Å²) in [4.78, 5) is 22.9. The Bertz CT molecular complexity index is 528. The van der Waals surface area contributed by atoms with Gasteiger partial charge in [0.05, 0.1) is 0 Å². The van der Waals surface area contributed by atoms with Gasteiger partial charge in [0, 0.05) is 19.5 Å². The lowest BCUT2D eigenvalue weighted by Crippen LogP contribution is -2.60. The molecule has 1 aliphatic rings. The fourth-order valence-corrected chi connectivity index (χ4v) is 2.83. The number of rotatable bonds is 5. The maximum absolute atomic E-state index is 11.7. The minimum atomic E-state index is -0.400. The first kappa shape index (κ1) is 16.3. The number of benzene rings is 1. The number of carbonyl (C=O) groups excluding carboxylic acids is 2. The molecule has 1 saturated carbocycles. The SMILES string of the molecule is CC(=O)N[C@H]1C[C@@H](CNC(=O)OCc2ccccc2)C1(C)C. The van der Waals surface area contributed by atoms with Gasteiger partial charge in [-0.1, -0.05) is 44.2 Å². The van der Waals surface area contributed by atoms with E-state index in [1.165, 1.54) is 6.92 Å². The van der Waals surface area contributed by atoms with E-state index >= 15 is 0 Å². The van der Waals surface area contributed by atoms with Crippen LogP contribution in [0.2, 0.25) is 0 Å². The van der Waals surface area contributed by atoms with Gasteiger partial charge in [0.2, 0.25) is 5.91 Å². The molecule has 0 aromatic heterocycles. The lowest BCUT2D eigenvalue weighted by atomic mass is 9.58. The van der Waals surface area contributed by atoms with E-state index in [-0.39, 0.29) is 24.0 Å². The van der Waals surface area contributed by atoms with E-state index in [1.54, 1.807) is 0 Å². The van der Waals surface area contributed by atoms with E-state index in [4.69, 9.17) is 4.74 Å². The Hall–Kier alpha value is -2.04. The molecule has 1 aromatic rings. The van der Waals surface area contributed by atoms with E-state index in [1.807, 2.05) is 30.3 Å². The zero-order valence-corrected chi connectivity index (χ0v) is 13.4. The molecule has 22 heavy (non-hydrogen) atoms. The van der Waals surface area contributed by atoms with Crippen LogP contribution in [0.25, 0.3) is 0 Å². The molecule has 5 heteroatoms. The number of alkyl carbamates (subject to hydrolysis) is 1. The molecule has 0 radical (unpaired) electrons. The highest BCUT2D eigenvalue weighted by Crippen LogP contribution is 2.45. The number of amides is 2. The Labute approximate surface area is 131 Å². The zero-order valence-electron chi connectivity index (χ0n) is 13.4. The number of nitrogens with one attached hydrogen (secondary N) is 2. The maximum Gasteiger partial charge on any atom is 0.407 e. The van der Waals surface area contributed by atoms with E-state index in [2.05, 4.69) is 24.5 Å². The van der Waals surface area contributed by atoms with Crippen LogP contribution < -0.4 is 10.6 Å². The molecular weight excluding hydrogens is 280 g/mol. The summed E-state index contributed by atoms with van der Waals surface area (Å²) < 4.78 is 5.19. The molecule has 5 nitrogen and oxygen atoms in total. The van der Waals surface area contributed by atoms with Gasteiger partial charge in [-0.25, -0.2) is 4.79 Å². The highest BCUT2D eigenvalue weighted by atomic mass is 16.5. The minimum Gasteiger partial charge on any atom is -0.445 e. The van der Waals surface area contributed by atoms with Gasteiger partial charge >= 0.3 is 6.09 Å². The second-order valence-corrected chi connectivity index (χ2v) is 6.45. The standard InChI is InChI=1S/C17H24N2O3/c1-12(20)19-15-9-14(17(15,2)3)10-18-16(21)22-11-13-7-5-4-6-8-13/h4-8,14-15H,9-11H2,1-3H3,(H,18,21)(H,19,20)/t14-,15-/m0/s1. The average molecular weight is 304 g/mol. The molecule has 2 atom stereocenters. The average Bonchev–Trinajstić information content (AvgIpc) is 2.48. The second-order valence-electron chi connectivity index (χ2n) is 6.45. The van der Waals surface area contributed by atoms with Crippen LogP contribution >= 0.6 is 0 Å². The van der Waals surface area contributed by atoms with Crippen LogP contribution in [-0.2, 0) is 16.1 Å². The molecule has 2 amide bonds. The van der Waals surface area contributed by atoms with Gasteiger partial charge in [0.15, 0.2) is 0 Å². The van der Waals surface area contributed by atoms with Gasteiger partial charge in [0.25, 0.3) is 0 Å². The van der Waals surface area contributed by atoms with Crippen molar-refractivity contribution in [3.05, 3.63) is 35.9 Å². The van der Waals surface area contributed by atoms with Crippen molar-refractivity contribution in [2.75, 3.05) is 6.54 Å². The van der Waals surface area contributed by atoms with E-state index < -0.39 is 6.09 Å². The van der Waals surface area contributed by atoms with Crippen molar-refractivity contribution in [3.8, 4) is 0 Å². The van der Waals surface area contributed by atoms with Crippen molar-refractivity contribution < 1.29 is 14.3 Å². The molecule has 0 heterocycles. The Morgan fingerprint density at radius 3 is 2.55 bits per heavy atom. The molecule has 0 bridgehead atoms. The lowest BCUT2D eigenvalue weighted by Gasteiger charge is -2.52. The van der Waals surface area contributed by atoms with Crippen molar-refractivity contribution >= 4 is 12.0 Å². The highest BCUT2D eigenvalue weighted by Gasteiger charge is 2.48. The second kappa shape index (κ2) is 6.81. The van der Waals surface area contributed by atoms with Crippen LogP contribution in [-0.4, -0.2) is 24.6 Å². The predicted octanol–water partition coefficient (Wildman–Crippen LogP) is 2.46. The third-order valence-corrected chi connectivity index (χ3v) is 4.55. The van der Waals surface area contributed by atoms with Crippen molar-refractivity contribution in [3.63, 3.8) is 0 Å². The fourth-order valence-electron chi connectivity index (χ4n) is 2.83. The number of hydrogen-bond donors (Lipinski definition) is 2. The summed E-state index contributed by atoms with van der Waals surface area (Å²) in [6.45, 7) is 6.59. The summed E-state index contributed by atoms with van der Waals surface area (Å²) in [6, 6.07) is 9.76. The third-order valence-electron chi connectivity index (χ3n) is 4.55. The maximum atomic E-state index is 11.7. The first-order chi connectivity index (χ1) is 10.4. The molecular formula is C17H24N2O3. The normalized spacial score (nSPS) is 22.3. The van der Waals surface area contributed by atoms with E-state index in [0.29, 0.717) is 12.5 Å². The Morgan fingerprint density at radius 1 is 1.27 bits per heavy atom. The van der Waals surface area contributed by atoms with Gasteiger partial charge in [-0.3, -0.25) is 4.79 Å². The molecule has 0 spiro atoms. The fraction of sp³-hybridized carbons (Fsp3) is 0.529. The van der Waals surface area contributed by atoms with Crippen LogP contribution in [0.4, 0.5) is 4.79 Å². The quantitative estimate of drug-likeness (QED) is 0.878. The Balaban J connectivity index is 1.70. The van der Waals surface area contributed by atoms with Gasteiger partial charge in [0.1, 0.15) is 6.61 Å². The first-order valence-corrected chi connectivity index (χ1v) is 7.61. The molecule has 120 valence electrons. The molecule has 0 aliphatic heterocycles. The van der Waals surface area contributed by atoms with Crippen molar-refractivity contribution in [1.29, 1.82) is 0 Å². The van der Waals surface area contributed by atoms with Crippen LogP contribution in [0.5, 0.6) is 0 Å². The van der Waals surface area contributed by atoms with Crippen LogP contribution in [0.1, 0.15) is 32.8 Å². The summed E-state index contributed by atoms with van der Waals surface area (Å²) in [5, 5.41) is 5.76. The summed E-state index contributed by atoms with van der Waals surface area (Å²) in [5.41, 5.74) is 0.950. The predicted molar refractivity (Wildman–Crippen MR) is 84.1 cm³/mol. The van der Waals surface area contributed by atoms with Crippen molar-refractivity contribution in [2.45, 2.75) is 39.8 Å². The van der Waals surface area contributed by atoms with Crippen molar-refractivity contribution in [1.82, 2.24) is 10.6 Å². The van der Waals surface area contributed by atoms with Crippen LogP contribution in [0.3, 0.4) is 0 Å². The number of ether oxygens (including phenoxy) is 1. The Kier molecular flexibility index (Phi) is 5.06. The lowest BCUT2D eigenvalue weighted by molar-refractivity contribution is -0.123. The molecule has 0 unspecified atom stereocenters. The van der Waals surface area contributed by atoms with Crippen LogP contribution in [0.15, 0.2) is 30.3 Å². The summed E-state index contributed by atoms with van der Waals surface area (Å²) >= 11 is 0. The summed E-state index contributed by atoms with van der Waals surface area (Å²) in [5.74, 6) is 0.334. The van der Waals surface area contributed by atoms with Crippen molar-refractivity contribution in [2.24, 2.45) is 11.3 Å². The largest absolute Gasteiger partial charge is 0.445 e. The number of carbonyl (C=O) groups is 2. The Morgan fingerprint density at radius 2 is 1.95 bits per heavy atom. The zero-order chi connectivity index (χ0) is 16.2. The van der Waals surface area contributed by atoms with Crippen LogP contribution in [0, 0.1) is 11.3 Å².